The summed E-state index contributed by atoms with van der Waals surface area (Å²) in [5.74, 6) is -0.439. The molecule has 2 aromatic heterocycles. The number of carbonyl (C=O) groups is 1. The predicted octanol–water partition coefficient (Wildman–Crippen LogP) is 5.89. The molecule has 0 fully saturated rings. The number of aliphatic imine (C=N–C) groups is 1. The van der Waals surface area contributed by atoms with E-state index in [1.165, 1.54) is 22.2 Å². The number of nitrogens with zero attached hydrogens (tertiary/aromatic N) is 2. The lowest BCUT2D eigenvalue weighted by Gasteiger charge is -2.06. The number of para-hydroxylation sites is 1. The number of carbonyl (C=O) groups excluding carboxylic acids is 1. The van der Waals surface area contributed by atoms with Gasteiger partial charge in [-0.3, -0.25) is 9.89 Å². The Kier molecular flexibility index (Phi) is 6.53. The molecule has 2 heterocycles. The van der Waals surface area contributed by atoms with Gasteiger partial charge in [0.05, 0.1) is 17.9 Å². The van der Waals surface area contributed by atoms with E-state index in [-0.39, 0.29) is 12.2 Å². The first-order chi connectivity index (χ1) is 15.5. The quantitative estimate of drug-likeness (QED) is 0.260. The summed E-state index contributed by atoms with van der Waals surface area (Å²) in [5, 5.41) is 5.46. The number of ether oxygens (including phenoxy) is 1. The molecule has 162 valence electrons. The molecule has 0 saturated heterocycles. The molecule has 0 atom stereocenters. The van der Waals surface area contributed by atoms with Crippen molar-refractivity contribution in [3.8, 4) is 16.8 Å². The van der Waals surface area contributed by atoms with Gasteiger partial charge in [0.25, 0.3) is 5.56 Å². The van der Waals surface area contributed by atoms with Gasteiger partial charge in [-0.2, -0.15) is 0 Å². The third-order valence-electron chi connectivity index (χ3n) is 4.85. The molecule has 0 aliphatic carbocycles. The molecule has 4 rings (SSSR count). The highest BCUT2D eigenvalue weighted by atomic mass is 79.9. The Balaban J connectivity index is 1.75. The Labute approximate surface area is 197 Å². The zero-order chi connectivity index (χ0) is 22.7. The molecule has 0 bridgehead atoms. The Bertz CT molecular complexity index is 1340. The van der Waals surface area contributed by atoms with Crippen LogP contribution >= 0.6 is 27.3 Å². The van der Waals surface area contributed by atoms with Crippen LogP contribution in [-0.4, -0.2) is 28.6 Å². The molecule has 0 saturated carbocycles. The Morgan fingerprint density at radius 2 is 1.91 bits per heavy atom. The summed E-state index contributed by atoms with van der Waals surface area (Å²) in [5.41, 5.74) is 3.68. The zero-order valence-corrected chi connectivity index (χ0v) is 19.9. The number of aryl methyl sites for hydroxylation is 1. The number of hydrogen-bond acceptors (Lipinski definition) is 5. The number of rotatable bonds is 6. The van der Waals surface area contributed by atoms with Crippen LogP contribution in [0.5, 0.6) is 0 Å². The van der Waals surface area contributed by atoms with Gasteiger partial charge in [-0.1, -0.05) is 46.3 Å². The van der Waals surface area contributed by atoms with Crippen molar-refractivity contribution in [2.24, 2.45) is 4.99 Å². The first-order valence-corrected chi connectivity index (χ1v) is 11.6. The molecule has 0 amide bonds. The van der Waals surface area contributed by atoms with E-state index in [1.807, 2.05) is 66.9 Å². The third kappa shape index (κ3) is 4.37. The largest absolute Gasteiger partial charge is 0.462 e. The first kappa shape index (κ1) is 22.0. The normalized spacial score (nSPS) is 11.2. The molecule has 1 N–H and O–H groups in total. The van der Waals surface area contributed by atoms with Crippen molar-refractivity contribution in [1.82, 2.24) is 9.78 Å². The third-order valence-corrected chi connectivity index (χ3v) is 6.26. The van der Waals surface area contributed by atoms with Crippen LogP contribution in [0.2, 0.25) is 0 Å². The Morgan fingerprint density at radius 1 is 1.19 bits per heavy atom. The molecule has 2 aromatic carbocycles. The Hall–Kier alpha value is -3.23. The summed E-state index contributed by atoms with van der Waals surface area (Å²) < 4.78 is 7.71. The number of esters is 1. The van der Waals surface area contributed by atoms with Crippen LogP contribution in [0.1, 0.15) is 28.5 Å². The SMILES string of the molecule is CCOC(=O)c1c(-c2ccc(Br)cc2)csc1N=Cc1c(C)[nH]n(-c2ccccc2)c1=O. The summed E-state index contributed by atoms with van der Waals surface area (Å²) in [7, 11) is 0. The number of aromatic nitrogens is 2. The van der Waals surface area contributed by atoms with Crippen LogP contribution in [0.25, 0.3) is 16.8 Å². The van der Waals surface area contributed by atoms with E-state index >= 15 is 0 Å². The van der Waals surface area contributed by atoms with Crippen LogP contribution in [0.3, 0.4) is 0 Å². The van der Waals surface area contributed by atoms with Crippen molar-refractivity contribution in [2.75, 3.05) is 6.61 Å². The van der Waals surface area contributed by atoms with Gasteiger partial charge in [0.2, 0.25) is 0 Å². The minimum Gasteiger partial charge on any atom is -0.462 e. The molecule has 6 nitrogen and oxygen atoms in total. The van der Waals surface area contributed by atoms with E-state index in [0.717, 1.165) is 21.3 Å². The van der Waals surface area contributed by atoms with E-state index in [1.54, 1.807) is 6.92 Å². The average molecular weight is 510 g/mol. The minimum atomic E-state index is -0.439. The summed E-state index contributed by atoms with van der Waals surface area (Å²) in [4.78, 5) is 30.2. The second-order valence-corrected chi connectivity index (χ2v) is 8.72. The van der Waals surface area contributed by atoms with Crippen molar-refractivity contribution >= 4 is 44.5 Å². The lowest BCUT2D eigenvalue weighted by atomic mass is 10.0. The van der Waals surface area contributed by atoms with Crippen molar-refractivity contribution in [3.05, 3.63) is 91.6 Å². The van der Waals surface area contributed by atoms with E-state index in [2.05, 4.69) is 26.0 Å². The monoisotopic (exact) mass is 509 g/mol. The summed E-state index contributed by atoms with van der Waals surface area (Å²) in [6, 6.07) is 17.0. The second kappa shape index (κ2) is 9.50. The molecule has 0 aliphatic rings. The van der Waals surface area contributed by atoms with Crippen LogP contribution < -0.4 is 5.56 Å². The van der Waals surface area contributed by atoms with Gasteiger partial charge in [-0.25, -0.2) is 14.5 Å². The number of benzene rings is 2. The molecular weight excluding hydrogens is 490 g/mol. The molecule has 0 radical (unpaired) electrons. The maximum absolute atomic E-state index is 12.9. The molecule has 0 spiro atoms. The lowest BCUT2D eigenvalue weighted by Crippen LogP contribution is -2.17. The van der Waals surface area contributed by atoms with E-state index < -0.39 is 5.97 Å². The van der Waals surface area contributed by atoms with Gasteiger partial charge in [0.1, 0.15) is 10.6 Å². The highest BCUT2D eigenvalue weighted by molar-refractivity contribution is 9.10. The first-order valence-electron chi connectivity index (χ1n) is 9.95. The van der Waals surface area contributed by atoms with Gasteiger partial charge in [0.15, 0.2) is 0 Å². The molecule has 0 unspecified atom stereocenters. The fourth-order valence-corrected chi connectivity index (χ4v) is 4.45. The summed E-state index contributed by atoms with van der Waals surface area (Å²) in [6.07, 6.45) is 1.51. The molecule has 8 heteroatoms. The van der Waals surface area contributed by atoms with Crippen molar-refractivity contribution < 1.29 is 9.53 Å². The average Bonchev–Trinajstić information content (AvgIpc) is 3.34. The van der Waals surface area contributed by atoms with Gasteiger partial charge >= 0.3 is 5.97 Å². The number of hydrogen-bond donors (Lipinski definition) is 1. The minimum absolute atomic E-state index is 0.208. The summed E-state index contributed by atoms with van der Waals surface area (Å²) in [6.45, 7) is 3.84. The van der Waals surface area contributed by atoms with Gasteiger partial charge in [0, 0.05) is 27.3 Å². The van der Waals surface area contributed by atoms with E-state index in [9.17, 15) is 9.59 Å². The summed E-state index contributed by atoms with van der Waals surface area (Å²) >= 11 is 4.77. The number of nitrogens with one attached hydrogen (secondary N) is 1. The topological polar surface area (TPSA) is 76.4 Å². The molecule has 32 heavy (non-hydrogen) atoms. The number of thiophene rings is 1. The molecular formula is C24H20BrN3O3S. The number of H-pyrrole nitrogens is 1. The fourth-order valence-electron chi connectivity index (χ4n) is 3.28. The maximum Gasteiger partial charge on any atom is 0.341 e. The van der Waals surface area contributed by atoms with Crippen molar-refractivity contribution in [3.63, 3.8) is 0 Å². The Morgan fingerprint density at radius 3 is 2.59 bits per heavy atom. The van der Waals surface area contributed by atoms with Crippen LogP contribution in [-0.2, 0) is 4.74 Å². The second-order valence-electron chi connectivity index (χ2n) is 6.94. The van der Waals surface area contributed by atoms with Gasteiger partial charge in [-0.05, 0) is 43.7 Å². The zero-order valence-electron chi connectivity index (χ0n) is 17.5. The van der Waals surface area contributed by atoms with Gasteiger partial charge in [-0.15, -0.1) is 11.3 Å². The number of halogens is 1. The van der Waals surface area contributed by atoms with E-state index in [0.29, 0.717) is 21.8 Å². The van der Waals surface area contributed by atoms with Gasteiger partial charge < -0.3 is 4.74 Å². The van der Waals surface area contributed by atoms with Crippen molar-refractivity contribution in [1.29, 1.82) is 0 Å². The van der Waals surface area contributed by atoms with Crippen molar-refractivity contribution in [2.45, 2.75) is 13.8 Å². The highest BCUT2D eigenvalue weighted by Crippen LogP contribution is 2.38. The maximum atomic E-state index is 12.9. The van der Waals surface area contributed by atoms with E-state index in [4.69, 9.17) is 4.74 Å². The molecule has 0 aliphatic heterocycles. The van der Waals surface area contributed by atoms with Crippen LogP contribution in [0.15, 0.2) is 74.2 Å². The highest BCUT2D eigenvalue weighted by Gasteiger charge is 2.21. The van der Waals surface area contributed by atoms with Crippen LogP contribution in [0, 0.1) is 6.92 Å². The number of aromatic amines is 1. The smallest absolute Gasteiger partial charge is 0.341 e. The standard InChI is InChI=1S/C24H20BrN3O3S/c1-3-31-24(30)21-20(16-9-11-17(25)12-10-16)14-32-22(21)26-13-19-15(2)27-28(23(19)29)18-7-5-4-6-8-18/h4-14,27H,3H2,1-2H3. The predicted molar refractivity (Wildman–Crippen MR) is 132 cm³/mol. The lowest BCUT2D eigenvalue weighted by molar-refractivity contribution is 0.0529. The van der Waals surface area contributed by atoms with Crippen LogP contribution in [0.4, 0.5) is 5.00 Å². The molecule has 4 aromatic rings. The fraction of sp³-hybridized carbons (Fsp3) is 0.125.